The molecule has 1 saturated carbocycles. The third-order valence-electron chi connectivity index (χ3n) is 4.89. The monoisotopic (exact) mass is 272 g/mol. The molecule has 2 fully saturated rings. The predicted octanol–water partition coefficient (Wildman–Crippen LogP) is 2.37. The van der Waals surface area contributed by atoms with E-state index >= 15 is 0 Å². The van der Waals surface area contributed by atoms with Crippen molar-refractivity contribution < 1.29 is 4.74 Å². The Kier molecular flexibility index (Phi) is 2.54. The maximum absolute atomic E-state index is 6.05. The summed E-state index contributed by atoms with van der Waals surface area (Å²) in [5, 5.41) is 1.01. The lowest BCUT2D eigenvalue weighted by atomic mass is 10.1. The number of aromatic nitrogens is 3. The molecule has 2 aliphatic rings. The number of anilines is 1. The van der Waals surface area contributed by atoms with E-state index in [1.807, 2.05) is 0 Å². The fraction of sp³-hybridized carbons (Fsp3) is 0.600. The zero-order valence-electron chi connectivity index (χ0n) is 12.0. The van der Waals surface area contributed by atoms with Crippen molar-refractivity contribution in [1.29, 1.82) is 0 Å². The fourth-order valence-electron chi connectivity index (χ4n) is 3.61. The lowest BCUT2D eigenvalue weighted by Gasteiger charge is -2.22. The van der Waals surface area contributed by atoms with Crippen LogP contribution in [0.15, 0.2) is 6.33 Å². The molecule has 4 rings (SSSR count). The summed E-state index contributed by atoms with van der Waals surface area (Å²) in [6, 6.07) is 0.396. The normalized spacial score (nSPS) is 26.5. The van der Waals surface area contributed by atoms with Gasteiger partial charge in [-0.1, -0.05) is 0 Å². The van der Waals surface area contributed by atoms with Crippen LogP contribution in [0.25, 0.3) is 11.0 Å². The number of hydrogen-bond donors (Lipinski definition) is 1. The first kappa shape index (κ1) is 12.1. The van der Waals surface area contributed by atoms with Gasteiger partial charge in [0.2, 0.25) is 0 Å². The number of nitrogen functional groups attached to an aromatic ring is 1. The summed E-state index contributed by atoms with van der Waals surface area (Å²) in [6.45, 7) is 5.11. The van der Waals surface area contributed by atoms with E-state index in [2.05, 4.69) is 28.4 Å². The zero-order valence-corrected chi connectivity index (χ0v) is 12.0. The standard InChI is InChI=1S/C15H20N4O/c1-8-9(2)19(15-12(8)14(16)17-7-18-15)11-5-6-20-13(11)10-3-4-10/h7,10-11,13H,3-6H2,1-2H3,(H2,16,17,18). The number of ether oxygens (including phenoxy) is 1. The molecule has 2 aromatic heterocycles. The molecule has 20 heavy (non-hydrogen) atoms. The lowest BCUT2D eigenvalue weighted by molar-refractivity contribution is 0.0754. The second-order valence-electron chi connectivity index (χ2n) is 6.07. The van der Waals surface area contributed by atoms with Crippen LogP contribution in [0.3, 0.4) is 0 Å². The first-order chi connectivity index (χ1) is 9.68. The second-order valence-corrected chi connectivity index (χ2v) is 6.07. The van der Waals surface area contributed by atoms with Gasteiger partial charge in [0.25, 0.3) is 0 Å². The topological polar surface area (TPSA) is 66.0 Å². The first-order valence-electron chi connectivity index (χ1n) is 7.37. The molecule has 1 aliphatic carbocycles. The average Bonchev–Trinajstić information content (AvgIpc) is 3.11. The van der Waals surface area contributed by atoms with Gasteiger partial charge >= 0.3 is 0 Å². The highest BCUT2D eigenvalue weighted by molar-refractivity contribution is 5.90. The summed E-state index contributed by atoms with van der Waals surface area (Å²) in [7, 11) is 0. The van der Waals surface area contributed by atoms with Crippen molar-refractivity contribution in [2.75, 3.05) is 12.3 Å². The highest BCUT2D eigenvalue weighted by Gasteiger charge is 2.42. The van der Waals surface area contributed by atoms with E-state index in [0.29, 0.717) is 18.0 Å². The van der Waals surface area contributed by atoms with Crippen molar-refractivity contribution in [3.05, 3.63) is 17.6 Å². The Labute approximate surface area is 118 Å². The Hall–Kier alpha value is -1.62. The molecule has 1 aliphatic heterocycles. The molecule has 106 valence electrons. The van der Waals surface area contributed by atoms with Crippen LogP contribution in [-0.2, 0) is 4.74 Å². The van der Waals surface area contributed by atoms with Crippen LogP contribution in [0.5, 0.6) is 0 Å². The van der Waals surface area contributed by atoms with Gasteiger partial charge in [-0.15, -0.1) is 0 Å². The SMILES string of the molecule is Cc1c(C)n(C2CCOC2C2CC2)c2ncnc(N)c12. The van der Waals surface area contributed by atoms with Gasteiger partial charge in [-0.3, -0.25) is 0 Å². The Morgan fingerprint density at radius 2 is 2.05 bits per heavy atom. The van der Waals surface area contributed by atoms with Gasteiger partial charge in [0, 0.05) is 12.3 Å². The fourth-order valence-corrected chi connectivity index (χ4v) is 3.61. The van der Waals surface area contributed by atoms with E-state index in [9.17, 15) is 0 Å². The molecular weight excluding hydrogens is 252 g/mol. The molecule has 3 heterocycles. The third-order valence-corrected chi connectivity index (χ3v) is 4.89. The second kappa shape index (κ2) is 4.19. The van der Waals surface area contributed by atoms with Gasteiger partial charge in [0.1, 0.15) is 17.8 Å². The molecule has 5 heteroatoms. The van der Waals surface area contributed by atoms with Crippen LogP contribution in [0, 0.1) is 19.8 Å². The zero-order chi connectivity index (χ0) is 13.9. The average molecular weight is 272 g/mol. The van der Waals surface area contributed by atoms with Gasteiger partial charge in [0.05, 0.1) is 17.5 Å². The van der Waals surface area contributed by atoms with Crippen LogP contribution >= 0.6 is 0 Å². The predicted molar refractivity (Wildman–Crippen MR) is 77.5 cm³/mol. The summed E-state index contributed by atoms with van der Waals surface area (Å²) in [6.07, 6.45) is 5.58. The van der Waals surface area contributed by atoms with Crippen molar-refractivity contribution >= 4 is 16.9 Å². The minimum atomic E-state index is 0.347. The highest BCUT2D eigenvalue weighted by atomic mass is 16.5. The van der Waals surface area contributed by atoms with Crippen molar-refractivity contribution in [3.63, 3.8) is 0 Å². The van der Waals surface area contributed by atoms with Gasteiger partial charge in [-0.2, -0.15) is 0 Å². The van der Waals surface area contributed by atoms with Gasteiger partial charge in [0.15, 0.2) is 0 Å². The largest absolute Gasteiger partial charge is 0.383 e. The molecule has 5 nitrogen and oxygen atoms in total. The van der Waals surface area contributed by atoms with Crippen LogP contribution in [0.4, 0.5) is 5.82 Å². The maximum atomic E-state index is 6.05. The molecule has 2 N–H and O–H groups in total. The number of hydrogen-bond acceptors (Lipinski definition) is 4. The van der Waals surface area contributed by atoms with E-state index in [-0.39, 0.29) is 0 Å². The highest BCUT2D eigenvalue weighted by Crippen LogP contribution is 2.45. The molecular formula is C15H20N4O. The van der Waals surface area contributed by atoms with Crippen molar-refractivity contribution in [3.8, 4) is 0 Å². The molecule has 0 bridgehead atoms. The van der Waals surface area contributed by atoms with Gasteiger partial charge in [-0.05, 0) is 44.6 Å². The number of aryl methyl sites for hydroxylation is 1. The lowest BCUT2D eigenvalue weighted by Crippen LogP contribution is -2.23. The van der Waals surface area contributed by atoms with E-state index in [0.717, 1.165) is 30.0 Å². The van der Waals surface area contributed by atoms with Crippen molar-refractivity contribution in [2.24, 2.45) is 5.92 Å². The van der Waals surface area contributed by atoms with Crippen LogP contribution in [0.2, 0.25) is 0 Å². The van der Waals surface area contributed by atoms with Gasteiger partial charge < -0.3 is 15.0 Å². The minimum Gasteiger partial charge on any atom is -0.383 e. The molecule has 2 unspecified atom stereocenters. The Balaban J connectivity index is 1.91. The van der Waals surface area contributed by atoms with E-state index < -0.39 is 0 Å². The van der Waals surface area contributed by atoms with Crippen LogP contribution in [0.1, 0.15) is 36.6 Å². The molecule has 0 radical (unpaired) electrons. The summed E-state index contributed by atoms with van der Waals surface area (Å²) in [5.74, 6) is 1.31. The molecule has 0 spiro atoms. The summed E-state index contributed by atoms with van der Waals surface area (Å²) in [4.78, 5) is 8.64. The van der Waals surface area contributed by atoms with E-state index in [1.54, 1.807) is 6.33 Å². The molecule has 2 aromatic rings. The number of nitrogens with two attached hydrogens (primary N) is 1. The van der Waals surface area contributed by atoms with E-state index in [4.69, 9.17) is 10.5 Å². The number of fused-ring (bicyclic) bond motifs is 1. The van der Waals surface area contributed by atoms with Crippen LogP contribution < -0.4 is 5.73 Å². The number of rotatable bonds is 2. The Bertz CT molecular complexity index is 674. The minimum absolute atomic E-state index is 0.347. The summed E-state index contributed by atoms with van der Waals surface area (Å²) in [5.41, 5.74) is 9.45. The molecule has 2 atom stereocenters. The summed E-state index contributed by atoms with van der Waals surface area (Å²) < 4.78 is 8.34. The van der Waals surface area contributed by atoms with Gasteiger partial charge in [-0.25, -0.2) is 9.97 Å². The first-order valence-corrected chi connectivity index (χ1v) is 7.37. The smallest absolute Gasteiger partial charge is 0.146 e. The number of nitrogens with zero attached hydrogens (tertiary/aromatic N) is 3. The third kappa shape index (κ3) is 1.59. The Morgan fingerprint density at radius 1 is 1.25 bits per heavy atom. The molecule has 0 amide bonds. The van der Waals surface area contributed by atoms with E-state index in [1.165, 1.54) is 24.1 Å². The van der Waals surface area contributed by atoms with Crippen LogP contribution in [-0.4, -0.2) is 27.2 Å². The van der Waals surface area contributed by atoms with Crippen molar-refractivity contribution in [2.45, 2.75) is 45.3 Å². The van der Waals surface area contributed by atoms with Crippen molar-refractivity contribution in [1.82, 2.24) is 14.5 Å². The quantitative estimate of drug-likeness (QED) is 0.911. The molecule has 0 aromatic carbocycles. The maximum Gasteiger partial charge on any atom is 0.146 e. The summed E-state index contributed by atoms with van der Waals surface area (Å²) >= 11 is 0. The molecule has 1 saturated heterocycles. The Morgan fingerprint density at radius 3 is 2.80 bits per heavy atom.